The second-order valence-corrected chi connectivity index (χ2v) is 10.9. The molecule has 0 radical (unpaired) electrons. The Labute approximate surface area is 238 Å². The van der Waals surface area contributed by atoms with E-state index in [1.54, 1.807) is 31.7 Å². The highest BCUT2D eigenvalue weighted by Gasteiger charge is 2.39. The van der Waals surface area contributed by atoms with Crippen LogP contribution in [0, 0.1) is 6.92 Å². The van der Waals surface area contributed by atoms with E-state index in [1.165, 1.54) is 41.9 Å². The molecule has 2 aromatic carbocycles. The van der Waals surface area contributed by atoms with E-state index in [4.69, 9.17) is 4.74 Å². The third kappa shape index (κ3) is 7.42. The molecule has 1 atom stereocenters. The third-order valence-corrected chi connectivity index (χ3v) is 6.42. The Morgan fingerprint density at radius 3 is 2.40 bits per heavy atom. The Morgan fingerprint density at radius 2 is 1.81 bits per heavy atom. The molecule has 42 heavy (non-hydrogen) atoms. The molecule has 0 saturated heterocycles. The second kappa shape index (κ2) is 11.3. The maximum Gasteiger partial charge on any atom is 0.573 e. The molecule has 1 amide bonds. The van der Waals surface area contributed by atoms with E-state index in [1.807, 2.05) is 0 Å². The summed E-state index contributed by atoms with van der Waals surface area (Å²) in [6.07, 6.45) is -9.70. The van der Waals surface area contributed by atoms with Crippen molar-refractivity contribution in [2.45, 2.75) is 71.3 Å². The first-order chi connectivity index (χ1) is 19.4. The number of aromatic nitrogens is 4. The minimum absolute atomic E-state index is 0.00715. The average Bonchev–Trinajstić information content (AvgIpc) is 3.17. The van der Waals surface area contributed by atoms with Gasteiger partial charge in [0.05, 0.1) is 24.3 Å². The Balaban J connectivity index is 1.85. The van der Waals surface area contributed by atoms with Crippen LogP contribution in [0.4, 0.5) is 42.8 Å². The Bertz CT molecular complexity index is 1430. The highest BCUT2D eigenvalue weighted by Crippen LogP contribution is 2.44. The zero-order chi connectivity index (χ0) is 31.0. The number of tetrazole rings is 1. The molecule has 1 aromatic heterocycles. The number of aryl methyl sites for hydroxylation is 2. The summed E-state index contributed by atoms with van der Waals surface area (Å²) >= 11 is 0. The first-order valence-corrected chi connectivity index (χ1v) is 13.0. The number of ether oxygens (including phenoxy) is 2. The molecule has 228 valence electrons. The number of hydrogen-bond donors (Lipinski definition) is 0. The van der Waals surface area contributed by atoms with Gasteiger partial charge in [-0.25, -0.2) is 4.79 Å². The van der Waals surface area contributed by atoms with Crippen LogP contribution in [0.15, 0.2) is 36.4 Å². The Morgan fingerprint density at radius 1 is 1.10 bits per heavy atom. The van der Waals surface area contributed by atoms with E-state index >= 15 is 0 Å². The minimum Gasteiger partial charge on any atom is -0.443 e. The van der Waals surface area contributed by atoms with Gasteiger partial charge in [0.2, 0.25) is 0 Å². The van der Waals surface area contributed by atoms with Crippen LogP contribution >= 0.6 is 0 Å². The molecule has 15 heteroatoms. The molecule has 0 saturated carbocycles. The van der Waals surface area contributed by atoms with Crippen LogP contribution in [-0.4, -0.2) is 44.8 Å². The monoisotopic (exact) mass is 600 g/mol. The predicted octanol–water partition coefficient (Wildman–Crippen LogP) is 6.72. The largest absolute Gasteiger partial charge is 0.573 e. The summed E-state index contributed by atoms with van der Waals surface area (Å²) in [4.78, 5) is 17.3. The zero-order valence-corrected chi connectivity index (χ0v) is 23.5. The van der Waals surface area contributed by atoms with E-state index < -0.39 is 41.6 Å². The molecule has 9 nitrogen and oxygen atoms in total. The van der Waals surface area contributed by atoms with Crippen LogP contribution in [0.3, 0.4) is 0 Å². The van der Waals surface area contributed by atoms with Crippen LogP contribution in [0.1, 0.15) is 61.9 Å². The van der Waals surface area contributed by atoms with Gasteiger partial charge in [0.25, 0.3) is 5.95 Å². The SMILES string of the molecule is Cc1cc2c(cc1C(F)(F)F)N(C(=O)OC(C)(C)C)CCC[C@@H]2N(Cc1cccc(OC(F)(F)F)c1)c1nnn(C)n1. The third-order valence-electron chi connectivity index (χ3n) is 6.42. The van der Waals surface area contributed by atoms with Gasteiger partial charge in [-0.15, -0.1) is 18.3 Å². The lowest BCUT2D eigenvalue weighted by molar-refractivity contribution is -0.274. The quantitative estimate of drug-likeness (QED) is 0.301. The molecule has 0 bridgehead atoms. The van der Waals surface area contributed by atoms with E-state index in [9.17, 15) is 31.1 Å². The maximum atomic E-state index is 14.0. The van der Waals surface area contributed by atoms with Gasteiger partial charge >= 0.3 is 18.6 Å². The lowest BCUT2D eigenvalue weighted by Crippen LogP contribution is -2.37. The molecule has 3 aromatic rings. The van der Waals surface area contributed by atoms with Crippen molar-refractivity contribution in [1.82, 2.24) is 20.2 Å². The number of carbonyl (C=O) groups is 1. The molecule has 1 aliphatic heterocycles. The van der Waals surface area contributed by atoms with Crippen molar-refractivity contribution >= 4 is 17.7 Å². The molecular weight excluding hydrogens is 570 g/mol. The number of alkyl halides is 6. The molecule has 4 rings (SSSR count). The van der Waals surface area contributed by atoms with Crippen LogP contribution in [-0.2, 0) is 24.5 Å². The molecule has 1 aliphatic rings. The standard InChI is InChI=1S/C27H30F6N6O3/c1-16-12-19-21(10-7-11-38(24(40)42-25(2,3)4)22(19)14-20(16)26(28,29)30)39(23-34-36-37(5)35-23)15-17-8-6-9-18(13-17)41-27(31,32)33/h6,8-9,12-14,21H,7,10-11,15H2,1-5H3/t21-/m0/s1. The van der Waals surface area contributed by atoms with Gasteiger partial charge in [-0.3, -0.25) is 4.90 Å². The molecule has 0 spiro atoms. The number of benzene rings is 2. The van der Waals surface area contributed by atoms with Gasteiger partial charge in [0.1, 0.15) is 11.4 Å². The van der Waals surface area contributed by atoms with Crippen molar-refractivity contribution in [3.8, 4) is 5.75 Å². The Hall–Kier alpha value is -4.04. The Kier molecular flexibility index (Phi) is 8.33. The molecular formula is C27H30F6N6O3. The number of amides is 1. The van der Waals surface area contributed by atoms with Crippen molar-refractivity contribution in [2.24, 2.45) is 7.05 Å². The normalized spacial score (nSPS) is 16.1. The summed E-state index contributed by atoms with van der Waals surface area (Å²) < 4.78 is 90.3. The lowest BCUT2D eigenvalue weighted by Gasteiger charge is -2.33. The molecule has 0 fully saturated rings. The highest BCUT2D eigenvalue weighted by molar-refractivity contribution is 5.90. The first-order valence-electron chi connectivity index (χ1n) is 13.0. The van der Waals surface area contributed by atoms with Crippen LogP contribution in [0.25, 0.3) is 0 Å². The fourth-order valence-corrected chi connectivity index (χ4v) is 4.82. The van der Waals surface area contributed by atoms with Gasteiger partial charge in [-0.1, -0.05) is 23.3 Å². The topological polar surface area (TPSA) is 85.6 Å². The number of carbonyl (C=O) groups excluding carboxylic acids is 1. The number of nitrogens with zero attached hydrogens (tertiary/aromatic N) is 6. The summed E-state index contributed by atoms with van der Waals surface area (Å²) in [6.45, 7) is 6.31. The van der Waals surface area contributed by atoms with Gasteiger partial charge in [0, 0.05) is 13.1 Å². The summed E-state index contributed by atoms with van der Waals surface area (Å²) in [5.74, 6) is -0.339. The van der Waals surface area contributed by atoms with Crippen molar-refractivity contribution in [2.75, 3.05) is 16.3 Å². The van der Waals surface area contributed by atoms with Crippen molar-refractivity contribution < 1.29 is 40.6 Å². The fraction of sp³-hybridized carbons (Fsp3) is 0.481. The molecule has 2 heterocycles. The van der Waals surface area contributed by atoms with Crippen molar-refractivity contribution in [3.05, 3.63) is 58.7 Å². The summed E-state index contributed by atoms with van der Waals surface area (Å²) in [6, 6.07) is 6.96. The van der Waals surface area contributed by atoms with Gasteiger partial charge in [0.15, 0.2) is 0 Å². The van der Waals surface area contributed by atoms with E-state index in [0.717, 1.165) is 12.1 Å². The van der Waals surface area contributed by atoms with Gasteiger partial charge < -0.3 is 14.4 Å². The second-order valence-electron chi connectivity index (χ2n) is 10.9. The number of fused-ring (bicyclic) bond motifs is 1. The van der Waals surface area contributed by atoms with Crippen LogP contribution in [0.5, 0.6) is 5.75 Å². The summed E-state index contributed by atoms with van der Waals surface area (Å²) in [5, 5.41) is 12.2. The number of anilines is 2. The number of rotatable bonds is 5. The number of hydrogen-bond acceptors (Lipinski definition) is 7. The van der Waals surface area contributed by atoms with E-state index in [0.29, 0.717) is 24.0 Å². The fourth-order valence-electron chi connectivity index (χ4n) is 4.82. The molecule has 0 aliphatic carbocycles. The maximum absolute atomic E-state index is 14.0. The van der Waals surface area contributed by atoms with Crippen LogP contribution < -0.4 is 14.5 Å². The first kappa shape index (κ1) is 30.9. The lowest BCUT2D eigenvalue weighted by atomic mass is 9.94. The molecule has 0 N–H and O–H groups in total. The predicted molar refractivity (Wildman–Crippen MR) is 140 cm³/mol. The highest BCUT2D eigenvalue weighted by atomic mass is 19.4. The molecule has 0 unspecified atom stereocenters. The number of halogens is 6. The van der Waals surface area contributed by atoms with Crippen LogP contribution in [0.2, 0.25) is 0 Å². The smallest absolute Gasteiger partial charge is 0.443 e. The summed E-state index contributed by atoms with van der Waals surface area (Å²) in [5.41, 5.74) is -1.10. The minimum atomic E-state index is -4.90. The zero-order valence-electron chi connectivity index (χ0n) is 23.5. The van der Waals surface area contributed by atoms with E-state index in [2.05, 4.69) is 20.1 Å². The van der Waals surface area contributed by atoms with Gasteiger partial charge in [-0.2, -0.15) is 18.0 Å². The average molecular weight is 601 g/mol. The summed E-state index contributed by atoms with van der Waals surface area (Å²) in [7, 11) is 1.53. The van der Waals surface area contributed by atoms with Crippen molar-refractivity contribution in [1.29, 1.82) is 0 Å². The van der Waals surface area contributed by atoms with E-state index in [-0.39, 0.29) is 30.3 Å². The van der Waals surface area contributed by atoms with Crippen molar-refractivity contribution in [3.63, 3.8) is 0 Å². The van der Waals surface area contributed by atoms with Gasteiger partial charge in [-0.05, 0) is 80.6 Å².